The molecule has 0 aliphatic heterocycles. The summed E-state index contributed by atoms with van der Waals surface area (Å²) >= 11 is 5.85. The van der Waals surface area contributed by atoms with Crippen LogP contribution in [-0.4, -0.2) is 5.79 Å². The average Bonchev–Trinajstić information content (AvgIpc) is 3.15. The van der Waals surface area contributed by atoms with E-state index in [2.05, 4.69) is 6.07 Å². The van der Waals surface area contributed by atoms with Crippen molar-refractivity contribution < 1.29 is 9.47 Å². The van der Waals surface area contributed by atoms with Gasteiger partial charge in [-0.2, -0.15) is 5.26 Å². The first kappa shape index (κ1) is 12.8. The van der Waals surface area contributed by atoms with Crippen LogP contribution in [0.15, 0.2) is 54.6 Å². The van der Waals surface area contributed by atoms with Gasteiger partial charge in [-0.25, -0.2) is 0 Å². The molecule has 4 heteroatoms. The Balaban J connectivity index is 1.79. The number of hydrogen-bond donors (Lipinski definition) is 0. The lowest BCUT2D eigenvalue weighted by atomic mass is 10.3. The topological polar surface area (TPSA) is 42.2 Å². The van der Waals surface area contributed by atoms with Gasteiger partial charge in [0.2, 0.25) is 0 Å². The second-order valence-corrected chi connectivity index (χ2v) is 5.11. The molecule has 1 aliphatic carbocycles. The lowest BCUT2D eigenvalue weighted by molar-refractivity contribution is -0.0297. The van der Waals surface area contributed by atoms with Crippen molar-refractivity contribution in [2.75, 3.05) is 0 Å². The molecular weight excluding hydrogens is 274 g/mol. The molecule has 0 N–H and O–H groups in total. The number of hydrogen-bond acceptors (Lipinski definition) is 3. The minimum atomic E-state index is -0.885. The summed E-state index contributed by atoms with van der Waals surface area (Å²) < 4.78 is 11.7. The number of halogens is 1. The van der Waals surface area contributed by atoms with Gasteiger partial charge in [-0.15, -0.1) is 0 Å². The summed E-state index contributed by atoms with van der Waals surface area (Å²) in [5, 5.41) is 9.75. The molecule has 0 heterocycles. The van der Waals surface area contributed by atoms with Crippen molar-refractivity contribution >= 4 is 11.6 Å². The third-order valence-corrected chi connectivity index (χ3v) is 3.41. The Morgan fingerprint density at radius 2 is 1.60 bits per heavy atom. The third kappa shape index (κ3) is 2.56. The summed E-state index contributed by atoms with van der Waals surface area (Å²) in [6, 6.07) is 18.6. The summed E-state index contributed by atoms with van der Waals surface area (Å²) in [6.45, 7) is 0. The lowest BCUT2D eigenvalue weighted by Crippen LogP contribution is -2.28. The van der Waals surface area contributed by atoms with Crippen LogP contribution in [0.1, 0.15) is 6.42 Å². The second-order valence-electron chi connectivity index (χ2n) is 4.67. The fraction of sp³-hybridized carbons (Fsp3) is 0.188. The van der Waals surface area contributed by atoms with Crippen LogP contribution in [0.4, 0.5) is 0 Å². The first-order valence-electron chi connectivity index (χ1n) is 6.30. The van der Waals surface area contributed by atoms with E-state index in [1.165, 1.54) is 0 Å². The first-order chi connectivity index (χ1) is 9.72. The predicted octanol–water partition coefficient (Wildman–Crippen LogP) is 4.04. The molecule has 0 radical (unpaired) electrons. The molecule has 0 amide bonds. The van der Waals surface area contributed by atoms with Gasteiger partial charge in [0.1, 0.15) is 17.4 Å². The zero-order chi connectivity index (χ0) is 14.0. The monoisotopic (exact) mass is 285 g/mol. The van der Waals surface area contributed by atoms with Crippen molar-refractivity contribution in [3.8, 4) is 17.6 Å². The van der Waals surface area contributed by atoms with Crippen LogP contribution >= 0.6 is 11.6 Å². The summed E-state index contributed by atoms with van der Waals surface area (Å²) in [6.07, 6.45) is 0.557. The van der Waals surface area contributed by atoms with Crippen LogP contribution < -0.4 is 9.47 Å². The normalized spacial score (nSPS) is 23.7. The van der Waals surface area contributed by atoms with Crippen molar-refractivity contribution in [1.82, 2.24) is 0 Å². The van der Waals surface area contributed by atoms with Crippen LogP contribution in [0, 0.1) is 17.2 Å². The molecule has 3 rings (SSSR count). The zero-order valence-corrected chi connectivity index (χ0v) is 11.4. The molecule has 1 fully saturated rings. The molecular formula is C16H12ClNO2. The Kier molecular flexibility index (Phi) is 3.25. The molecule has 2 atom stereocenters. The summed E-state index contributed by atoms with van der Waals surface area (Å²) in [7, 11) is 0. The molecule has 20 heavy (non-hydrogen) atoms. The molecule has 0 aromatic heterocycles. The maximum absolute atomic E-state index is 9.11. The summed E-state index contributed by atoms with van der Waals surface area (Å²) in [5.41, 5.74) is 0. The van der Waals surface area contributed by atoms with Gasteiger partial charge < -0.3 is 9.47 Å². The fourth-order valence-corrected chi connectivity index (χ4v) is 2.13. The molecule has 3 nitrogen and oxygen atoms in total. The van der Waals surface area contributed by atoms with Crippen molar-refractivity contribution in [3.63, 3.8) is 0 Å². The van der Waals surface area contributed by atoms with E-state index in [0.29, 0.717) is 22.9 Å². The number of rotatable bonds is 4. The second kappa shape index (κ2) is 5.07. The zero-order valence-electron chi connectivity index (χ0n) is 10.6. The molecule has 1 aliphatic rings. The van der Waals surface area contributed by atoms with Gasteiger partial charge in [0.25, 0.3) is 5.79 Å². The Morgan fingerprint density at radius 1 is 1.00 bits per heavy atom. The van der Waals surface area contributed by atoms with E-state index in [-0.39, 0.29) is 5.92 Å². The van der Waals surface area contributed by atoms with E-state index in [1.54, 1.807) is 24.3 Å². The SMILES string of the molecule is N#CC1CC1(Oc1ccccc1)Oc1ccc(Cl)cc1. The molecule has 0 saturated heterocycles. The van der Waals surface area contributed by atoms with Crippen molar-refractivity contribution in [2.24, 2.45) is 5.92 Å². The van der Waals surface area contributed by atoms with Gasteiger partial charge in [0.15, 0.2) is 0 Å². The van der Waals surface area contributed by atoms with E-state index in [9.17, 15) is 0 Å². The van der Waals surface area contributed by atoms with Crippen LogP contribution in [0.3, 0.4) is 0 Å². The smallest absolute Gasteiger partial charge is 0.268 e. The van der Waals surface area contributed by atoms with E-state index in [0.717, 1.165) is 0 Å². The Labute approximate surface area is 122 Å². The molecule has 100 valence electrons. The highest BCUT2D eigenvalue weighted by Gasteiger charge is 2.61. The highest BCUT2D eigenvalue weighted by molar-refractivity contribution is 6.30. The highest BCUT2D eigenvalue weighted by atomic mass is 35.5. The van der Waals surface area contributed by atoms with E-state index in [1.807, 2.05) is 30.3 Å². The third-order valence-electron chi connectivity index (χ3n) is 3.15. The van der Waals surface area contributed by atoms with Crippen LogP contribution in [0.25, 0.3) is 0 Å². The summed E-state index contributed by atoms with van der Waals surface area (Å²) in [4.78, 5) is 0. The molecule has 0 bridgehead atoms. The van der Waals surface area contributed by atoms with Gasteiger partial charge >= 0.3 is 0 Å². The molecule has 2 aromatic rings. The average molecular weight is 286 g/mol. The van der Waals surface area contributed by atoms with Crippen molar-refractivity contribution in [1.29, 1.82) is 5.26 Å². The van der Waals surface area contributed by atoms with Gasteiger partial charge in [0.05, 0.1) is 6.07 Å². The Bertz CT molecular complexity index is 636. The van der Waals surface area contributed by atoms with Crippen LogP contribution in [0.2, 0.25) is 5.02 Å². The quantitative estimate of drug-likeness (QED) is 0.796. The van der Waals surface area contributed by atoms with Gasteiger partial charge in [0, 0.05) is 11.4 Å². The minimum Gasteiger partial charge on any atom is -0.451 e. The largest absolute Gasteiger partial charge is 0.451 e. The predicted molar refractivity (Wildman–Crippen MR) is 75.6 cm³/mol. The molecule has 1 saturated carbocycles. The number of benzene rings is 2. The minimum absolute atomic E-state index is 0.265. The van der Waals surface area contributed by atoms with E-state index >= 15 is 0 Å². The Hall–Kier alpha value is -2.18. The highest BCUT2D eigenvalue weighted by Crippen LogP contribution is 2.47. The van der Waals surface area contributed by atoms with Crippen molar-refractivity contribution in [3.05, 3.63) is 59.6 Å². The standard InChI is InChI=1S/C16H12ClNO2/c17-13-6-8-15(9-7-13)20-16(10-12(16)11-18)19-14-4-2-1-3-5-14/h1-9,12H,10H2. The number of ether oxygens (including phenoxy) is 2. The number of para-hydroxylation sites is 1. The van der Waals surface area contributed by atoms with Crippen molar-refractivity contribution in [2.45, 2.75) is 12.2 Å². The van der Waals surface area contributed by atoms with Crippen LogP contribution in [-0.2, 0) is 0 Å². The molecule has 2 aromatic carbocycles. The van der Waals surface area contributed by atoms with E-state index in [4.69, 9.17) is 26.3 Å². The fourth-order valence-electron chi connectivity index (χ4n) is 2.01. The van der Waals surface area contributed by atoms with Gasteiger partial charge in [-0.1, -0.05) is 29.8 Å². The molecule has 2 unspecified atom stereocenters. The lowest BCUT2D eigenvalue weighted by Gasteiger charge is -2.20. The maximum Gasteiger partial charge on any atom is 0.268 e. The summed E-state index contributed by atoms with van der Waals surface area (Å²) in [5.74, 6) is 0.185. The van der Waals surface area contributed by atoms with Gasteiger partial charge in [-0.3, -0.25) is 0 Å². The van der Waals surface area contributed by atoms with Crippen LogP contribution in [0.5, 0.6) is 11.5 Å². The maximum atomic E-state index is 9.11. The Morgan fingerprint density at radius 3 is 2.15 bits per heavy atom. The molecule has 0 spiro atoms. The van der Waals surface area contributed by atoms with E-state index < -0.39 is 5.79 Å². The number of nitrogens with zero attached hydrogens (tertiary/aromatic N) is 1. The first-order valence-corrected chi connectivity index (χ1v) is 6.68. The number of nitriles is 1. The van der Waals surface area contributed by atoms with Gasteiger partial charge in [-0.05, 0) is 36.4 Å².